The molecule has 3 aromatic rings. The Morgan fingerprint density at radius 2 is 1.85 bits per heavy atom. The Morgan fingerprint density at radius 1 is 1.12 bits per heavy atom. The molecule has 2 aliphatic rings. The van der Waals surface area contributed by atoms with Crippen molar-refractivity contribution >= 4 is 21.6 Å². The zero-order chi connectivity index (χ0) is 23.9. The highest BCUT2D eigenvalue weighted by atomic mass is 32.2. The Bertz CT molecular complexity index is 1350. The molecule has 0 aliphatic heterocycles. The van der Waals surface area contributed by atoms with Crippen LogP contribution in [0.3, 0.4) is 0 Å². The second-order valence-corrected chi connectivity index (χ2v) is 10.3. The van der Waals surface area contributed by atoms with Crippen molar-refractivity contribution in [1.29, 1.82) is 0 Å². The van der Waals surface area contributed by atoms with Gasteiger partial charge in [-0.25, -0.2) is 22.2 Å². The van der Waals surface area contributed by atoms with E-state index in [9.17, 15) is 17.6 Å². The van der Waals surface area contributed by atoms with Crippen LogP contribution >= 0.6 is 0 Å². The van der Waals surface area contributed by atoms with Crippen LogP contribution in [0.1, 0.15) is 47.4 Å². The van der Waals surface area contributed by atoms with E-state index < -0.39 is 15.9 Å². The molecule has 0 spiro atoms. The third kappa shape index (κ3) is 4.43. The molecule has 1 amide bonds. The normalized spacial score (nSPS) is 15.6. The molecule has 2 aliphatic carbocycles. The lowest BCUT2D eigenvalue weighted by atomic mass is 9.95. The molecule has 0 unspecified atom stereocenters. The Hall–Kier alpha value is -3.24. The monoisotopic (exact) mass is 484 g/mol. The number of methoxy groups -OCH3 is 1. The van der Waals surface area contributed by atoms with Crippen LogP contribution < -0.4 is 14.8 Å². The maximum Gasteiger partial charge on any atom is 0.276 e. The van der Waals surface area contributed by atoms with Crippen LogP contribution in [0, 0.1) is 5.82 Å². The van der Waals surface area contributed by atoms with Crippen LogP contribution in [-0.4, -0.2) is 37.3 Å². The summed E-state index contributed by atoms with van der Waals surface area (Å²) >= 11 is 0. The number of nitrogens with one attached hydrogen (secondary N) is 2. The zero-order valence-electron chi connectivity index (χ0n) is 18.7. The zero-order valence-corrected chi connectivity index (χ0v) is 19.5. The van der Waals surface area contributed by atoms with Gasteiger partial charge in [-0.2, -0.15) is 5.10 Å². The van der Waals surface area contributed by atoms with E-state index in [2.05, 4.69) is 15.1 Å². The number of amides is 1. The molecule has 34 heavy (non-hydrogen) atoms. The van der Waals surface area contributed by atoms with Gasteiger partial charge < -0.3 is 10.1 Å². The predicted octanol–water partition coefficient (Wildman–Crippen LogP) is 3.59. The molecule has 2 aromatic carbocycles. The summed E-state index contributed by atoms with van der Waals surface area (Å²) < 4.78 is 48.4. The maximum atomic E-state index is 13.4. The number of halogens is 1. The van der Waals surface area contributed by atoms with Crippen molar-refractivity contribution in [3.63, 3.8) is 0 Å². The molecule has 5 rings (SSSR count). The van der Waals surface area contributed by atoms with Crippen LogP contribution in [0.5, 0.6) is 5.75 Å². The van der Waals surface area contributed by atoms with Crippen LogP contribution in [0.2, 0.25) is 0 Å². The largest absolute Gasteiger partial charge is 0.495 e. The molecule has 1 saturated carbocycles. The van der Waals surface area contributed by atoms with Gasteiger partial charge in [0.1, 0.15) is 11.6 Å². The summed E-state index contributed by atoms with van der Waals surface area (Å²) in [6.07, 6.45) is 5.02. The molecule has 1 fully saturated rings. The minimum atomic E-state index is -3.70. The number of carbonyl (C=O) groups excluding carboxylic acids is 1. The second-order valence-electron chi connectivity index (χ2n) is 8.58. The molecular weight excluding hydrogens is 459 g/mol. The average molecular weight is 485 g/mol. The topological polar surface area (TPSA) is 102 Å². The fourth-order valence-corrected chi connectivity index (χ4v) is 5.53. The summed E-state index contributed by atoms with van der Waals surface area (Å²) in [7, 11) is -2.25. The summed E-state index contributed by atoms with van der Waals surface area (Å²) in [5.74, 6) is -0.464. The number of benzene rings is 2. The Morgan fingerprint density at radius 3 is 2.56 bits per heavy atom. The van der Waals surface area contributed by atoms with Gasteiger partial charge in [-0.3, -0.25) is 4.79 Å². The third-order valence-corrected chi connectivity index (χ3v) is 7.61. The predicted molar refractivity (Wildman–Crippen MR) is 124 cm³/mol. The number of sulfonamides is 1. The Balaban J connectivity index is 1.48. The number of anilines is 1. The van der Waals surface area contributed by atoms with Crippen LogP contribution in [0.15, 0.2) is 47.4 Å². The minimum Gasteiger partial charge on any atom is -0.495 e. The summed E-state index contributed by atoms with van der Waals surface area (Å²) in [6.45, 7) is 0. The van der Waals surface area contributed by atoms with E-state index in [0.29, 0.717) is 17.9 Å². The smallest absolute Gasteiger partial charge is 0.276 e. The van der Waals surface area contributed by atoms with Gasteiger partial charge in [0.15, 0.2) is 5.69 Å². The first-order valence-electron chi connectivity index (χ1n) is 11.2. The van der Waals surface area contributed by atoms with Crippen molar-refractivity contribution in [3.8, 4) is 11.4 Å². The lowest BCUT2D eigenvalue weighted by Crippen LogP contribution is -2.26. The standard InChI is InChI=1S/C24H25FN4O4S/c1-33-22-13-12-18(34(31,32)28-16-8-9-16)14-20(22)26-24(30)23-19-4-2-3-5-21(19)29(27-23)17-10-6-15(25)7-11-17/h6-7,10-14,16,28H,2-5,8-9H2,1H3,(H,26,30). The molecule has 178 valence electrons. The molecule has 1 aromatic heterocycles. The van der Waals surface area contributed by atoms with E-state index in [1.165, 1.54) is 37.4 Å². The molecule has 0 saturated heterocycles. The molecule has 1 heterocycles. The third-order valence-electron chi connectivity index (χ3n) is 6.10. The number of hydrogen-bond acceptors (Lipinski definition) is 5. The van der Waals surface area contributed by atoms with Crippen molar-refractivity contribution in [2.45, 2.75) is 49.5 Å². The quantitative estimate of drug-likeness (QED) is 0.534. The molecule has 2 N–H and O–H groups in total. The fourth-order valence-electron chi connectivity index (χ4n) is 4.20. The van der Waals surface area contributed by atoms with Crippen molar-refractivity contribution < 1.29 is 22.3 Å². The van der Waals surface area contributed by atoms with E-state index in [-0.39, 0.29) is 28.1 Å². The van der Waals surface area contributed by atoms with Gasteiger partial charge in [0.2, 0.25) is 10.0 Å². The van der Waals surface area contributed by atoms with Gasteiger partial charge in [0, 0.05) is 17.3 Å². The molecular formula is C24H25FN4O4S. The van der Waals surface area contributed by atoms with Crippen molar-refractivity contribution in [2.24, 2.45) is 0 Å². The van der Waals surface area contributed by atoms with Crippen LogP contribution in [-0.2, 0) is 22.9 Å². The molecule has 8 nitrogen and oxygen atoms in total. The van der Waals surface area contributed by atoms with Gasteiger partial charge >= 0.3 is 0 Å². The number of hydrogen-bond donors (Lipinski definition) is 2. The van der Waals surface area contributed by atoms with Gasteiger partial charge in [0.05, 0.1) is 23.4 Å². The van der Waals surface area contributed by atoms with Crippen molar-refractivity contribution in [1.82, 2.24) is 14.5 Å². The van der Waals surface area contributed by atoms with Gasteiger partial charge in [-0.15, -0.1) is 0 Å². The highest BCUT2D eigenvalue weighted by Gasteiger charge is 2.29. The number of aromatic nitrogens is 2. The molecule has 0 radical (unpaired) electrons. The van der Waals surface area contributed by atoms with E-state index in [4.69, 9.17) is 4.74 Å². The van der Waals surface area contributed by atoms with Gasteiger partial charge in [-0.05, 0) is 81.0 Å². The summed E-state index contributed by atoms with van der Waals surface area (Å²) in [5, 5.41) is 7.36. The van der Waals surface area contributed by atoms with Crippen LogP contribution in [0.25, 0.3) is 5.69 Å². The maximum absolute atomic E-state index is 13.4. The van der Waals surface area contributed by atoms with E-state index >= 15 is 0 Å². The summed E-state index contributed by atoms with van der Waals surface area (Å²) in [6, 6.07) is 10.3. The van der Waals surface area contributed by atoms with Gasteiger partial charge in [0.25, 0.3) is 5.91 Å². The Labute approximate surface area is 197 Å². The van der Waals surface area contributed by atoms with E-state index in [1.807, 2.05) is 0 Å². The number of nitrogens with zero attached hydrogens (tertiary/aromatic N) is 2. The van der Waals surface area contributed by atoms with Gasteiger partial charge in [-0.1, -0.05) is 0 Å². The Kier molecular flexibility index (Phi) is 5.86. The number of rotatable bonds is 7. The highest BCUT2D eigenvalue weighted by Crippen LogP contribution is 2.31. The number of ether oxygens (including phenoxy) is 1. The SMILES string of the molecule is COc1ccc(S(=O)(=O)NC2CC2)cc1NC(=O)c1nn(-c2ccc(F)cc2)c2c1CCCC2. The highest BCUT2D eigenvalue weighted by molar-refractivity contribution is 7.89. The first-order chi connectivity index (χ1) is 16.4. The second kappa shape index (κ2) is 8.84. The van der Waals surface area contributed by atoms with Crippen molar-refractivity contribution in [2.75, 3.05) is 12.4 Å². The molecule has 0 atom stereocenters. The fraction of sp³-hybridized carbons (Fsp3) is 0.333. The first-order valence-corrected chi connectivity index (χ1v) is 12.7. The average Bonchev–Trinajstić information content (AvgIpc) is 3.55. The number of fused-ring (bicyclic) bond motifs is 1. The lowest BCUT2D eigenvalue weighted by molar-refractivity contribution is 0.102. The lowest BCUT2D eigenvalue weighted by Gasteiger charge is -2.15. The molecule has 10 heteroatoms. The number of carbonyl (C=O) groups is 1. The van der Waals surface area contributed by atoms with Crippen molar-refractivity contribution in [3.05, 3.63) is 65.2 Å². The van der Waals surface area contributed by atoms with Crippen LogP contribution in [0.4, 0.5) is 10.1 Å². The molecule has 0 bridgehead atoms. The summed E-state index contributed by atoms with van der Waals surface area (Å²) in [5.41, 5.74) is 2.97. The van der Waals surface area contributed by atoms with E-state index in [1.54, 1.807) is 16.8 Å². The minimum absolute atomic E-state index is 0.0351. The summed E-state index contributed by atoms with van der Waals surface area (Å²) in [4.78, 5) is 13.4. The van der Waals surface area contributed by atoms with E-state index in [0.717, 1.165) is 43.4 Å². The first kappa shape index (κ1) is 22.5.